The van der Waals surface area contributed by atoms with Crippen molar-refractivity contribution < 1.29 is 14.4 Å². The van der Waals surface area contributed by atoms with Gasteiger partial charge in [-0.15, -0.1) is 11.3 Å². The molecule has 0 bridgehead atoms. The van der Waals surface area contributed by atoms with Crippen LogP contribution in [0, 0.1) is 5.41 Å². The van der Waals surface area contributed by atoms with Crippen LogP contribution in [-0.4, -0.2) is 78.8 Å². The molecule has 0 saturated carbocycles. The summed E-state index contributed by atoms with van der Waals surface area (Å²) in [5.41, 5.74) is 0.133. The van der Waals surface area contributed by atoms with Crippen molar-refractivity contribution in [1.29, 1.82) is 0 Å². The van der Waals surface area contributed by atoms with Crippen molar-refractivity contribution in [3.8, 4) is 0 Å². The van der Waals surface area contributed by atoms with Crippen LogP contribution in [0.2, 0.25) is 0 Å². The minimum absolute atomic E-state index is 0.00124. The number of para-hydroxylation sites is 1. The van der Waals surface area contributed by atoms with Gasteiger partial charge in [-0.1, -0.05) is 32.0 Å². The fourth-order valence-corrected chi connectivity index (χ4v) is 4.50. The monoisotopic (exact) mass is 485 g/mol. The van der Waals surface area contributed by atoms with Crippen LogP contribution < -0.4 is 10.2 Å². The Hall–Kier alpha value is -2.78. The fourth-order valence-electron chi connectivity index (χ4n) is 3.90. The summed E-state index contributed by atoms with van der Waals surface area (Å²) in [6.45, 7) is 7.86. The Morgan fingerprint density at radius 3 is 2.47 bits per heavy atom. The number of Topliss-reactive ketones (excluding diaryl/α,β-unsaturated/α-hetero) is 1. The minimum atomic E-state index is -0.676. The van der Waals surface area contributed by atoms with E-state index in [0.717, 1.165) is 18.8 Å². The lowest BCUT2D eigenvalue weighted by atomic mass is 9.87. The third-order valence-electron chi connectivity index (χ3n) is 6.17. The van der Waals surface area contributed by atoms with Crippen molar-refractivity contribution in [2.45, 2.75) is 33.1 Å². The molecule has 0 spiro atoms. The number of thiazole rings is 1. The van der Waals surface area contributed by atoms with Crippen LogP contribution in [0.4, 0.5) is 10.5 Å². The second-order valence-electron chi connectivity index (χ2n) is 9.31. The number of amides is 3. The van der Waals surface area contributed by atoms with Crippen LogP contribution in [0.3, 0.4) is 0 Å². The molecule has 1 aromatic heterocycles. The number of aromatic nitrogens is 1. The molecule has 3 rings (SSSR count). The standard InChI is InChI=1S/C25H35N5O3S/c1-25(2,11-12-27-24(33)29-17-15-28(3)16-18-29)23(32)30(20-8-5-4-6-9-20)14-7-10-21(31)22-26-13-19-34-22/h4-6,8-9,13,19H,7,10-12,14-18H2,1-3H3,(H,27,33). The summed E-state index contributed by atoms with van der Waals surface area (Å²) in [5, 5.41) is 5.28. The van der Waals surface area contributed by atoms with Crippen LogP contribution in [0.25, 0.3) is 0 Å². The van der Waals surface area contributed by atoms with E-state index in [9.17, 15) is 14.4 Å². The van der Waals surface area contributed by atoms with Crippen LogP contribution in [0.1, 0.15) is 42.9 Å². The number of rotatable bonds is 10. The molecule has 1 saturated heterocycles. The Bertz CT molecular complexity index is 941. The molecule has 0 unspecified atom stereocenters. The van der Waals surface area contributed by atoms with Crippen molar-refractivity contribution >= 4 is 34.7 Å². The number of carbonyl (C=O) groups is 3. The number of benzene rings is 1. The number of nitrogens with zero attached hydrogens (tertiary/aromatic N) is 4. The normalized spacial score (nSPS) is 14.6. The minimum Gasteiger partial charge on any atom is -0.338 e. The Balaban J connectivity index is 1.56. The summed E-state index contributed by atoms with van der Waals surface area (Å²) in [5.74, 6) is -0.0180. The van der Waals surface area contributed by atoms with Crippen LogP contribution in [0.15, 0.2) is 41.9 Å². The van der Waals surface area contributed by atoms with E-state index in [-0.39, 0.29) is 17.7 Å². The van der Waals surface area contributed by atoms with Crippen molar-refractivity contribution in [1.82, 2.24) is 20.1 Å². The van der Waals surface area contributed by atoms with E-state index in [2.05, 4.69) is 22.2 Å². The summed E-state index contributed by atoms with van der Waals surface area (Å²) in [7, 11) is 2.05. The van der Waals surface area contributed by atoms with E-state index < -0.39 is 5.41 Å². The van der Waals surface area contributed by atoms with E-state index in [0.29, 0.717) is 50.4 Å². The quantitative estimate of drug-likeness (QED) is 0.521. The molecule has 1 aliphatic rings. The van der Waals surface area contributed by atoms with Crippen molar-refractivity contribution in [3.05, 3.63) is 46.9 Å². The number of likely N-dealkylation sites (N-methyl/N-ethyl adjacent to an activating group) is 1. The number of urea groups is 1. The number of hydrogen-bond acceptors (Lipinski definition) is 6. The molecule has 0 aliphatic carbocycles. The fraction of sp³-hybridized carbons (Fsp3) is 0.520. The molecule has 0 atom stereocenters. The Labute approximate surface area is 205 Å². The van der Waals surface area contributed by atoms with Crippen molar-refractivity contribution in [2.24, 2.45) is 5.41 Å². The summed E-state index contributed by atoms with van der Waals surface area (Å²) in [4.78, 5) is 48.3. The van der Waals surface area contributed by atoms with E-state index in [1.54, 1.807) is 16.5 Å². The van der Waals surface area contributed by atoms with Crippen molar-refractivity contribution in [2.75, 3.05) is 51.2 Å². The van der Waals surface area contributed by atoms with Gasteiger partial charge in [0.25, 0.3) is 0 Å². The first-order valence-electron chi connectivity index (χ1n) is 11.8. The predicted octanol–water partition coefficient (Wildman–Crippen LogP) is 3.51. The van der Waals surface area contributed by atoms with Crippen LogP contribution in [0.5, 0.6) is 0 Å². The molecule has 9 heteroatoms. The maximum atomic E-state index is 13.6. The maximum Gasteiger partial charge on any atom is 0.317 e. The zero-order valence-corrected chi connectivity index (χ0v) is 21.1. The third kappa shape index (κ3) is 7.11. The second-order valence-corrected chi connectivity index (χ2v) is 10.2. The largest absolute Gasteiger partial charge is 0.338 e. The number of ketones is 1. The SMILES string of the molecule is CN1CCN(C(=O)NCCC(C)(C)C(=O)N(CCCC(=O)c2nccs2)c2ccccc2)CC1. The van der Waals surface area contributed by atoms with E-state index in [4.69, 9.17) is 0 Å². The Morgan fingerprint density at radius 2 is 1.82 bits per heavy atom. The van der Waals surface area contributed by atoms with Crippen LogP contribution in [-0.2, 0) is 4.79 Å². The van der Waals surface area contributed by atoms with E-state index >= 15 is 0 Å². The summed E-state index contributed by atoms with van der Waals surface area (Å²) < 4.78 is 0. The number of carbonyl (C=O) groups excluding carboxylic acids is 3. The average molecular weight is 486 g/mol. The molecule has 8 nitrogen and oxygen atoms in total. The summed E-state index contributed by atoms with van der Waals surface area (Å²) in [6.07, 6.45) is 3.04. The molecule has 2 aromatic rings. The van der Waals surface area contributed by atoms with Gasteiger partial charge in [-0.05, 0) is 32.0 Å². The molecular weight excluding hydrogens is 450 g/mol. The molecule has 1 N–H and O–H groups in total. The molecule has 1 aromatic carbocycles. The van der Waals surface area contributed by atoms with Crippen LogP contribution >= 0.6 is 11.3 Å². The van der Waals surface area contributed by atoms with E-state index in [1.807, 2.05) is 49.1 Å². The third-order valence-corrected chi connectivity index (χ3v) is 6.98. The average Bonchev–Trinajstić information content (AvgIpc) is 3.37. The number of piperazine rings is 1. The molecular formula is C25H35N5O3S. The van der Waals surface area contributed by atoms with E-state index in [1.165, 1.54) is 11.3 Å². The second kappa shape index (κ2) is 12.1. The topological polar surface area (TPSA) is 85.9 Å². The Morgan fingerprint density at radius 1 is 1.12 bits per heavy atom. The Kier molecular flexibility index (Phi) is 9.18. The zero-order chi connectivity index (χ0) is 24.6. The highest BCUT2D eigenvalue weighted by Crippen LogP contribution is 2.27. The van der Waals surface area contributed by atoms with Gasteiger partial charge in [0.15, 0.2) is 10.8 Å². The number of nitrogens with one attached hydrogen (secondary N) is 1. The first-order valence-corrected chi connectivity index (χ1v) is 12.7. The first-order chi connectivity index (χ1) is 16.3. The van der Waals surface area contributed by atoms with Gasteiger partial charge in [0.1, 0.15) is 0 Å². The van der Waals surface area contributed by atoms with Gasteiger partial charge < -0.3 is 20.0 Å². The van der Waals surface area contributed by atoms with Gasteiger partial charge in [0, 0.05) is 68.4 Å². The van der Waals surface area contributed by atoms with Gasteiger partial charge in [0.2, 0.25) is 5.91 Å². The first kappa shape index (κ1) is 25.8. The smallest absolute Gasteiger partial charge is 0.317 e. The summed E-state index contributed by atoms with van der Waals surface area (Å²) >= 11 is 1.34. The maximum absolute atomic E-state index is 13.6. The predicted molar refractivity (Wildman–Crippen MR) is 135 cm³/mol. The lowest BCUT2D eigenvalue weighted by Gasteiger charge is -2.34. The molecule has 1 aliphatic heterocycles. The van der Waals surface area contributed by atoms with Gasteiger partial charge in [-0.25, -0.2) is 9.78 Å². The molecule has 0 radical (unpaired) electrons. The molecule has 34 heavy (non-hydrogen) atoms. The van der Waals surface area contributed by atoms with Crippen molar-refractivity contribution in [3.63, 3.8) is 0 Å². The number of anilines is 1. The van der Waals surface area contributed by atoms with Gasteiger partial charge >= 0.3 is 6.03 Å². The zero-order valence-electron chi connectivity index (χ0n) is 20.3. The molecule has 1 fully saturated rings. The lowest BCUT2D eigenvalue weighted by Crippen LogP contribution is -2.51. The highest BCUT2D eigenvalue weighted by Gasteiger charge is 2.33. The van der Waals surface area contributed by atoms with Gasteiger partial charge in [-0.3, -0.25) is 9.59 Å². The molecule has 3 amide bonds. The highest BCUT2D eigenvalue weighted by atomic mass is 32.1. The molecule has 184 valence electrons. The van der Waals surface area contributed by atoms with Gasteiger partial charge in [0.05, 0.1) is 0 Å². The summed E-state index contributed by atoms with van der Waals surface area (Å²) in [6, 6.07) is 9.46. The molecule has 2 heterocycles. The van der Waals surface area contributed by atoms with Gasteiger partial charge in [-0.2, -0.15) is 0 Å². The lowest BCUT2D eigenvalue weighted by molar-refractivity contribution is -0.126. The number of hydrogen-bond donors (Lipinski definition) is 1. The highest BCUT2D eigenvalue weighted by molar-refractivity contribution is 7.11.